The van der Waals surface area contributed by atoms with Crippen LogP contribution in [0.3, 0.4) is 0 Å². The first-order valence-electron chi connectivity index (χ1n) is 8.38. The molecule has 3 heterocycles. The van der Waals surface area contributed by atoms with E-state index < -0.39 is 12.0 Å². The Morgan fingerprint density at radius 2 is 2.21 bits per heavy atom. The van der Waals surface area contributed by atoms with E-state index in [1.165, 1.54) is 0 Å². The average Bonchev–Trinajstić information content (AvgIpc) is 3.00. The SMILES string of the molecule is CCOc1ncccc1C(=O)N1CCC2(CC1)CN[C@@H](C(=O)O)C2. The highest BCUT2D eigenvalue weighted by molar-refractivity contribution is 5.96. The molecule has 1 aromatic heterocycles. The van der Waals surface area contributed by atoms with Gasteiger partial charge in [0.25, 0.3) is 5.91 Å². The van der Waals surface area contributed by atoms with Crippen molar-refractivity contribution in [2.75, 3.05) is 26.2 Å². The Balaban J connectivity index is 1.65. The number of aromatic nitrogens is 1. The minimum atomic E-state index is -0.790. The van der Waals surface area contributed by atoms with E-state index in [9.17, 15) is 9.59 Å². The van der Waals surface area contributed by atoms with Crippen LogP contribution >= 0.6 is 0 Å². The van der Waals surface area contributed by atoms with Crippen LogP contribution in [0.2, 0.25) is 0 Å². The number of rotatable bonds is 4. The third kappa shape index (κ3) is 3.21. The lowest BCUT2D eigenvalue weighted by Crippen LogP contribution is -2.44. The summed E-state index contributed by atoms with van der Waals surface area (Å²) in [5, 5.41) is 12.2. The number of nitrogens with zero attached hydrogens (tertiary/aromatic N) is 2. The number of hydrogen-bond donors (Lipinski definition) is 2. The zero-order chi connectivity index (χ0) is 17.2. The fourth-order valence-electron chi connectivity index (χ4n) is 3.63. The van der Waals surface area contributed by atoms with Crippen molar-refractivity contribution in [2.24, 2.45) is 5.41 Å². The van der Waals surface area contributed by atoms with Crippen molar-refractivity contribution in [1.29, 1.82) is 0 Å². The molecule has 0 aliphatic carbocycles. The molecule has 0 saturated carbocycles. The van der Waals surface area contributed by atoms with Gasteiger partial charge in [-0.2, -0.15) is 0 Å². The number of pyridine rings is 1. The number of carboxylic acids is 1. The summed E-state index contributed by atoms with van der Waals surface area (Å²) in [6, 6.07) is 3.01. The highest BCUT2D eigenvalue weighted by Crippen LogP contribution is 2.39. The van der Waals surface area contributed by atoms with Crippen LogP contribution in [-0.2, 0) is 4.79 Å². The van der Waals surface area contributed by atoms with Gasteiger partial charge in [-0.1, -0.05) is 0 Å². The van der Waals surface area contributed by atoms with Crippen LogP contribution in [-0.4, -0.2) is 59.1 Å². The van der Waals surface area contributed by atoms with Crippen molar-refractivity contribution in [1.82, 2.24) is 15.2 Å². The molecule has 130 valence electrons. The average molecular weight is 333 g/mol. The Hall–Kier alpha value is -2.15. The predicted octanol–water partition coefficient (Wildman–Crippen LogP) is 1.15. The Labute approximate surface area is 141 Å². The number of likely N-dealkylation sites (tertiary alicyclic amines) is 1. The normalized spacial score (nSPS) is 22.5. The maximum absolute atomic E-state index is 12.8. The fourth-order valence-corrected chi connectivity index (χ4v) is 3.63. The maximum atomic E-state index is 12.8. The van der Waals surface area contributed by atoms with Crippen LogP contribution in [0.15, 0.2) is 18.3 Å². The van der Waals surface area contributed by atoms with E-state index in [2.05, 4.69) is 10.3 Å². The summed E-state index contributed by atoms with van der Waals surface area (Å²) in [4.78, 5) is 29.9. The highest BCUT2D eigenvalue weighted by Gasteiger charge is 2.44. The summed E-state index contributed by atoms with van der Waals surface area (Å²) in [5.74, 6) is -0.483. The molecule has 0 aromatic carbocycles. The molecule has 7 heteroatoms. The highest BCUT2D eigenvalue weighted by atomic mass is 16.5. The molecule has 0 bridgehead atoms. The Bertz CT molecular complexity index is 626. The van der Waals surface area contributed by atoms with Gasteiger partial charge in [0.2, 0.25) is 5.88 Å². The number of hydrogen-bond acceptors (Lipinski definition) is 5. The molecule has 1 atom stereocenters. The van der Waals surface area contributed by atoms with Crippen molar-refractivity contribution < 1.29 is 19.4 Å². The number of ether oxygens (including phenoxy) is 1. The lowest BCUT2D eigenvalue weighted by atomic mass is 9.76. The van der Waals surface area contributed by atoms with E-state index in [1.54, 1.807) is 18.3 Å². The number of aliphatic carboxylic acids is 1. The maximum Gasteiger partial charge on any atom is 0.320 e. The van der Waals surface area contributed by atoms with Gasteiger partial charge in [-0.25, -0.2) is 4.98 Å². The molecule has 3 rings (SSSR count). The van der Waals surface area contributed by atoms with Crippen LogP contribution < -0.4 is 10.1 Å². The molecule has 24 heavy (non-hydrogen) atoms. The third-order valence-electron chi connectivity index (χ3n) is 5.05. The van der Waals surface area contributed by atoms with E-state index in [0.29, 0.717) is 44.1 Å². The first kappa shape index (κ1) is 16.7. The largest absolute Gasteiger partial charge is 0.480 e. The molecule has 2 fully saturated rings. The van der Waals surface area contributed by atoms with Crippen LogP contribution in [0, 0.1) is 5.41 Å². The van der Waals surface area contributed by atoms with Gasteiger partial charge in [-0.3, -0.25) is 9.59 Å². The number of piperidine rings is 1. The lowest BCUT2D eigenvalue weighted by molar-refractivity contribution is -0.139. The molecule has 2 aliphatic rings. The van der Waals surface area contributed by atoms with E-state index in [0.717, 1.165) is 12.8 Å². The molecule has 2 saturated heterocycles. The van der Waals surface area contributed by atoms with Crippen LogP contribution in [0.5, 0.6) is 5.88 Å². The molecule has 1 amide bonds. The molecular weight excluding hydrogens is 310 g/mol. The van der Waals surface area contributed by atoms with Gasteiger partial charge in [-0.05, 0) is 43.7 Å². The summed E-state index contributed by atoms with van der Waals surface area (Å²) in [7, 11) is 0. The Morgan fingerprint density at radius 1 is 1.46 bits per heavy atom. The van der Waals surface area contributed by atoms with Crippen molar-refractivity contribution >= 4 is 11.9 Å². The van der Waals surface area contributed by atoms with Crippen molar-refractivity contribution in [3.63, 3.8) is 0 Å². The summed E-state index contributed by atoms with van der Waals surface area (Å²) in [5.41, 5.74) is 0.487. The zero-order valence-corrected chi connectivity index (χ0v) is 13.8. The summed E-state index contributed by atoms with van der Waals surface area (Å²) < 4.78 is 5.45. The first-order valence-corrected chi connectivity index (χ1v) is 8.38. The Kier molecular flexibility index (Phi) is 4.71. The van der Waals surface area contributed by atoms with Crippen molar-refractivity contribution in [3.8, 4) is 5.88 Å². The monoisotopic (exact) mass is 333 g/mol. The Morgan fingerprint density at radius 3 is 2.83 bits per heavy atom. The molecule has 0 unspecified atom stereocenters. The minimum absolute atomic E-state index is 0.00246. The molecule has 2 N–H and O–H groups in total. The van der Waals surface area contributed by atoms with Crippen molar-refractivity contribution in [3.05, 3.63) is 23.9 Å². The second-order valence-electron chi connectivity index (χ2n) is 6.56. The molecule has 0 radical (unpaired) electrons. The third-order valence-corrected chi connectivity index (χ3v) is 5.05. The molecular formula is C17H23N3O4. The number of carboxylic acid groups (broad SMARTS) is 1. The van der Waals surface area contributed by atoms with Gasteiger partial charge < -0.3 is 20.1 Å². The second-order valence-corrected chi connectivity index (χ2v) is 6.56. The number of amides is 1. The minimum Gasteiger partial charge on any atom is -0.480 e. The number of carbonyl (C=O) groups excluding carboxylic acids is 1. The topological polar surface area (TPSA) is 91.8 Å². The zero-order valence-electron chi connectivity index (χ0n) is 13.8. The van der Waals surface area contributed by atoms with Gasteiger partial charge in [0.1, 0.15) is 11.6 Å². The van der Waals surface area contributed by atoms with E-state index in [1.807, 2.05) is 11.8 Å². The number of carbonyl (C=O) groups is 2. The van der Waals surface area contributed by atoms with Gasteiger partial charge in [0.05, 0.1) is 6.61 Å². The lowest BCUT2D eigenvalue weighted by Gasteiger charge is -2.39. The molecule has 1 spiro atoms. The van der Waals surface area contributed by atoms with Crippen molar-refractivity contribution in [2.45, 2.75) is 32.2 Å². The smallest absolute Gasteiger partial charge is 0.320 e. The van der Waals surface area contributed by atoms with E-state index >= 15 is 0 Å². The van der Waals surface area contributed by atoms with E-state index in [4.69, 9.17) is 9.84 Å². The predicted molar refractivity (Wildman–Crippen MR) is 87.0 cm³/mol. The van der Waals surface area contributed by atoms with Crippen LogP contribution in [0.4, 0.5) is 0 Å². The molecule has 7 nitrogen and oxygen atoms in total. The van der Waals surface area contributed by atoms with Gasteiger partial charge in [0.15, 0.2) is 0 Å². The van der Waals surface area contributed by atoms with Crippen LogP contribution in [0.25, 0.3) is 0 Å². The van der Waals surface area contributed by atoms with Gasteiger partial charge in [-0.15, -0.1) is 0 Å². The van der Waals surface area contributed by atoms with Gasteiger partial charge in [0, 0.05) is 25.8 Å². The second kappa shape index (κ2) is 6.76. The summed E-state index contributed by atoms with van der Waals surface area (Å²) in [6.07, 6.45) is 3.89. The summed E-state index contributed by atoms with van der Waals surface area (Å²) in [6.45, 7) is 4.30. The van der Waals surface area contributed by atoms with Gasteiger partial charge >= 0.3 is 5.97 Å². The molecule has 1 aromatic rings. The number of nitrogens with one attached hydrogen (secondary N) is 1. The van der Waals surface area contributed by atoms with E-state index in [-0.39, 0.29) is 11.3 Å². The molecule has 2 aliphatic heterocycles. The first-order chi connectivity index (χ1) is 11.5. The standard InChI is InChI=1S/C17H23N3O4/c1-2-24-14-12(4-3-7-18-14)15(21)20-8-5-17(6-9-20)10-13(16(22)23)19-11-17/h3-4,7,13,19H,2,5-6,8-11H2,1H3,(H,22,23)/t13-/m1/s1. The quantitative estimate of drug-likeness (QED) is 0.859. The fraction of sp³-hybridized carbons (Fsp3) is 0.588. The van der Waals surface area contributed by atoms with Crippen LogP contribution in [0.1, 0.15) is 36.5 Å². The summed E-state index contributed by atoms with van der Waals surface area (Å²) >= 11 is 0.